The van der Waals surface area contributed by atoms with E-state index in [0.29, 0.717) is 19.3 Å². The maximum absolute atomic E-state index is 12.8. The summed E-state index contributed by atoms with van der Waals surface area (Å²) in [6, 6.07) is 0. The summed E-state index contributed by atoms with van der Waals surface area (Å²) in [5, 5.41) is 0. The van der Waals surface area contributed by atoms with Crippen molar-refractivity contribution in [2.45, 2.75) is 304 Å². The fourth-order valence-corrected chi connectivity index (χ4v) is 8.13. The number of carbonyl (C=O) groups is 3. The number of rotatable bonds is 48. The van der Waals surface area contributed by atoms with Crippen LogP contribution in [0.25, 0.3) is 0 Å². The van der Waals surface area contributed by atoms with E-state index in [1.165, 1.54) is 186 Å². The van der Waals surface area contributed by atoms with Gasteiger partial charge in [-0.15, -0.1) is 0 Å². The molecule has 0 saturated heterocycles. The smallest absolute Gasteiger partial charge is 0.306 e. The van der Waals surface area contributed by atoms with Crippen molar-refractivity contribution in [1.29, 1.82) is 0 Å². The van der Waals surface area contributed by atoms with Crippen LogP contribution in [0.4, 0.5) is 0 Å². The highest BCUT2D eigenvalue weighted by molar-refractivity contribution is 5.71. The summed E-state index contributed by atoms with van der Waals surface area (Å²) in [6.45, 7) is 11.4. The second-order valence-corrected chi connectivity index (χ2v) is 19.2. The summed E-state index contributed by atoms with van der Waals surface area (Å²) in [5.74, 6) is 0.794. The minimum absolute atomic E-state index is 0.0646. The molecule has 0 aromatic heterocycles. The van der Waals surface area contributed by atoms with E-state index in [1.807, 2.05) is 0 Å². The van der Waals surface area contributed by atoms with Crippen LogP contribution in [0, 0.1) is 11.8 Å². The van der Waals surface area contributed by atoms with Crippen LogP contribution in [0.5, 0.6) is 0 Å². The number of hydrogen-bond donors (Lipinski definition) is 0. The minimum atomic E-state index is -0.762. The maximum Gasteiger partial charge on any atom is 0.306 e. The van der Waals surface area contributed by atoms with Crippen LogP contribution in [-0.4, -0.2) is 37.2 Å². The van der Waals surface area contributed by atoms with Gasteiger partial charge in [-0.05, 0) is 31.1 Å². The Hall–Kier alpha value is -1.59. The van der Waals surface area contributed by atoms with Crippen molar-refractivity contribution in [2.24, 2.45) is 11.8 Å². The van der Waals surface area contributed by atoms with Gasteiger partial charge in [0.1, 0.15) is 13.2 Å². The van der Waals surface area contributed by atoms with Gasteiger partial charge < -0.3 is 14.2 Å². The molecule has 0 aliphatic heterocycles. The van der Waals surface area contributed by atoms with E-state index in [1.54, 1.807) is 0 Å². The molecule has 356 valence electrons. The van der Waals surface area contributed by atoms with Gasteiger partial charge >= 0.3 is 17.9 Å². The minimum Gasteiger partial charge on any atom is -0.462 e. The van der Waals surface area contributed by atoms with Crippen molar-refractivity contribution < 1.29 is 28.6 Å². The van der Waals surface area contributed by atoms with Crippen LogP contribution in [0.2, 0.25) is 0 Å². The van der Waals surface area contributed by atoms with E-state index in [0.717, 1.165) is 69.6 Å². The fraction of sp³-hybridized carbons (Fsp3) is 0.944. The third-order valence-electron chi connectivity index (χ3n) is 12.6. The first kappa shape index (κ1) is 58.4. The predicted octanol–water partition coefficient (Wildman–Crippen LogP) is 17.3. The van der Waals surface area contributed by atoms with E-state index in [9.17, 15) is 14.4 Å². The zero-order chi connectivity index (χ0) is 44.0. The van der Waals surface area contributed by atoms with Gasteiger partial charge in [-0.2, -0.15) is 0 Å². The zero-order valence-corrected chi connectivity index (χ0v) is 41.1. The van der Waals surface area contributed by atoms with Gasteiger partial charge in [0.15, 0.2) is 6.10 Å². The molecular weight excluding hydrogens is 745 g/mol. The highest BCUT2D eigenvalue weighted by atomic mass is 16.6. The molecule has 0 aliphatic carbocycles. The summed E-state index contributed by atoms with van der Waals surface area (Å²) in [4.78, 5) is 37.9. The molecule has 0 amide bonds. The molecule has 0 radical (unpaired) electrons. The lowest BCUT2D eigenvalue weighted by Gasteiger charge is -2.18. The largest absolute Gasteiger partial charge is 0.462 e. The monoisotopic (exact) mass is 849 g/mol. The molecule has 0 saturated carbocycles. The van der Waals surface area contributed by atoms with Crippen LogP contribution in [0.1, 0.15) is 298 Å². The van der Waals surface area contributed by atoms with E-state index in [2.05, 4.69) is 34.6 Å². The first-order valence-corrected chi connectivity index (χ1v) is 26.8. The van der Waals surface area contributed by atoms with Gasteiger partial charge in [-0.25, -0.2) is 0 Å². The molecule has 0 aromatic rings. The van der Waals surface area contributed by atoms with E-state index >= 15 is 0 Å². The first-order chi connectivity index (χ1) is 29.3. The Morgan fingerprint density at radius 1 is 0.350 bits per heavy atom. The van der Waals surface area contributed by atoms with Crippen LogP contribution in [-0.2, 0) is 28.6 Å². The topological polar surface area (TPSA) is 78.9 Å². The molecule has 0 spiro atoms. The number of esters is 3. The number of unbranched alkanes of at least 4 members (excludes halogenated alkanes) is 32. The molecule has 0 N–H and O–H groups in total. The lowest BCUT2D eigenvalue weighted by molar-refractivity contribution is -0.167. The average Bonchev–Trinajstić information content (AvgIpc) is 3.23. The number of ether oxygens (including phenoxy) is 3. The molecule has 6 nitrogen and oxygen atoms in total. The second kappa shape index (κ2) is 46.9. The molecule has 6 heteroatoms. The SMILES string of the molecule is CCCCCCCCCCCCCCCCCCCCCC(=O)O[C@H](COC(=O)CCCCCCCCCCC(C)C)COC(=O)CCCCCCCCCCC(C)CC. The van der Waals surface area contributed by atoms with Crippen molar-refractivity contribution in [3.8, 4) is 0 Å². The quantitative estimate of drug-likeness (QED) is 0.0345. The van der Waals surface area contributed by atoms with Gasteiger partial charge in [-0.1, -0.05) is 259 Å². The van der Waals surface area contributed by atoms with E-state index < -0.39 is 6.10 Å². The summed E-state index contributed by atoms with van der Waals surface area (Å²) in [7, 11) is 0. The molecule has 0 fully saturated rings. The van der Waals surface area contributed by atoms with Crippen LogP contribution >= 0.6 is 0 Å². The Kier molecular flexibility index (Phi) is 45.7. The van der Waals surface area contributed by atoms with Crippen molar-refractivity contribution in [1.82, 2.24) is 0 Å². The Morgan fingerprint density at radius 3 is 0.950 bits per heavy atom. The summed E-state index contributed by atoms with van der Waals surface area (Å²) >= 11 is 0. The van der Waals surface area contributed by atoms with Gasteiger partial charge in [0.2, 0.25) is 0 Å². The van der Waals surface area contributed by atoms with Crippen LogP contribution in [0.15, 0.2) is 0 Å². The van der Waals surface area contributed by atoms with Crippen molar-refractivity contribution in [3.05, 3.63) is 0 Å². The Labute approximate surface area is 374 Å². The molecule has 0 bridgehead atoms. The molecule has 60 heavy (non-hydrogen) atoms. The second-order valence-electron chi connectivity index (χ2n) is 19.2. The zero-order valence-electron chi connectivity index (χ0n) is 41.1. The van der Waals surface area contributed by atoms with E-state index in [-0.39, 0.29) is 31.1 Å². The standard InChI is InChI=1S/C54H104O6/c1-6-8-9-10-11-12-13-14-15-16-17-18-19-20-21-22-31-36-41-46-54(57)60-51(47-58-52(55)44-39-34-29-25-23-27-32-37-42-49(3)4)48-59-53(56)45-40-35-30-26-24-28-33-38-43-50(5)7-2/h49-51H,6-48H2,1-5H3/t50?,51-/m1/s1. The summed E-state index contributed by atoms with van der Waals surface area (Å²) < 4.78 is 16.8. The maximum atomic E-state index is 12.8. The lowest BCUT2D eigenvalue weighted by atomic mass is 9.99. The molecular formula is C54H104O6. The Bertz CT molecular complexity index is 918. The molecule has 0 aliphatic rings. The van der Waals surface area contributed by atoms with Crippen molar-refractivity contribution in [2.75, 3.05) is 13.2 Å². The molecule has 1 unspecified atom stereocenters. The Balaban J connectivity index is 4.27. The highest BCUT2D eigenvalue weighted by Crippen LogP contribution is 2.18. The van der Waals surface area contributed by atoms with Gasteiger partial charge in [0.05, 0.1) is 0 Å². The number of hydrogen-bond acceptors (Lipinski definition) is 6. The summed E-state index contributed by atoms with van der Waals surface area (Å²) in [6.07, 6.45) is 48.1. The van der Waals surface area contributed by atoms with Crippen LogP contribution < -0.4 is 0 Å². The Morgan fingerprint density at radius 2 is 0.633 bits per heavy atom. The molecule has 0 heterocycles. The fourth-order valence-electron chi connectivity index (χ4n) is 8.13. The molecule has 2 atom stereocenters. The van der Waals surface area contributed by atoms with Crippen LogP contribution in [0.3, 0.4) is 0 Å². The molecule has 0 rings (SSSR count). The van der Waals surface area contributed by atoms with E-state index in [4.69, 9.17) is 14.2 Å². The molecule has 0 aromatic carbocycles. The average molecular weight is 849 g/mol. The first-order valence-electron chi connectivity index (χ1n) is 26.8. The highest BCUT2D eigenvalue weighted by Gasteiger charge is 2.19. The summed E-state index contributed by atoms with van der Waals surface area (Å²) in [5.41, 5.74) is 0. The number of carbonyl (C=O) groups excluding carboxylic acids is 3. The lowest BCUT2D eigenvalue weighted by Crippen LogP contribution is -2.30. The van der Waals surface area contributed by atoms with Crippen molar-refractivity contribution in [3.63, 3.8) is 0 Å². The third-order valence-corrected chi connectivity index (χ3v) is 12.6. The van der Waals surface area contributed by atoms with Crippen molar-refractivity contribution >= 4 is 17.9 Å². The third kappa shape index (κ3) is 45.9. The normalized spacial score (nSPS) is 12.5. The predicted molar refractivity (Wildman–Crippen MR) is 256 cm³/mol. The van der Waals surface area contributed by atoms with Gasteiger partial charge in [0, 0.05) is 19.3 Å². The van der Waals surface area contributed by atoms with Gasteiger partial charge in [0.25, 0.3) is 0 Å². The van der Waals surface area contributed by atoms with Gasteiger partial charge in [-0.3, -0.25) is 14.4 Å².